The molecule has 0 spiro atoms. The highest BCUT2D eigenvalue weighted by Crippen LogP contribution is 2.42. The summed E-state index contributed by atoms with van der Waals surface area (Å²) in [6, 6.07) is 4.13. The number of amides is 1. The molecular formula is C15H17N3O2. The van der Waals surface area contributed by atoms with Gasteiger partial charge in [-0.3, -0.25) is 9.59 Å². The minimum absolute atomic E-state index is 0.0562. The van der Waals surface area contributed by atoms with Crippen LogP contribution < -0.4 is 10.9 Å². The molecular weight excluding hydrogens is 254 g/mol. The van der Waals surface area contributed by atoms with Gasteiger partial charge in [-0.25, -0.2) is 0 Å². The van der Waals surface area contributed by atoms with Gasteiger partial charge in [0, 0.05) is 19.2 Å². The molecule has 5 heteroatoms. The molecule has 2 aliphatic carbocycles. The van der Waals surface area contributed by atoms with Gasteiger partial charge in [-0.05, 0) is 43.2 Å². The Bertz CT molecular complexity index is 646. The molecule has 0 radical (unpaired) electrons. The first-order chi connectivity index (χ1) is 9.58. The maximum absolute atomic E-state index is 12.4. The topological polar surface area (TPSA) is 74.9 Å². The Balaban J connectivity index is 1.95. The van der Waals surface area contributed by atoms with Crippen LogP contribution in [0, 0.1) is 17.2 Å². The number of anilines is 1. The number of pyridine rings is 1. The highest BCUT2D eigenvalue weighted by molar-refractivity contribution is 5.88. The first-order valence-corrected chi connectivity index (χ1v) is 7.01. The Morgan fingerprint density at radius 2 is 2.15 bits per heavy atom. The summed E-state index contributed by atoms with van der Waals surface area (Å²) in [4.78, 5) is 23.6. The molecule has 5 nitrogen and oxygen atoms in total. The maximum Gasteiger partial charge on any atom is 0.274 e. The molecule has 0 bridgehead atoms. The zero-order valence-electron chi connectivity index (χ0n) is 11.4. The van der Waals surface area contributed by atoms with Crippen molar-refractivity contribution in [2.45, 2.75) is 44.6 Å². The van der Waals surface area contributed by atoms with Gasteiger partial charge in [0.25, 0.3) is 5.56 Å². The zero-order valence-corrected chi connectivity index (χ0v) is 11.4. The van der Waals surface area contributed by atoms with Crippen LogP contribution in [0.5, 0.6) is 0 Å². The van der Waals surface area contributed by atoms with Crippen molar-refractivity contribution in [3.05, 3.63) is 28.2 Å². The lowest BCUT2D eigenvalue weighted by molar-refractivity contribution is -0.114. The van der Waals surface area contributed by atoms with Crippen LogP contribution in [0.25, 0.3) is 0 Å². The van der Waals surface area contributed by atoms with E-state index in [1.165, 1.54) is 6.92 Å². The normalized spacial score (nSPS) is 24.6. The van der Waals surface area contributed by atoms with Crippen LogP contribution in [0.1, 0.15) is 50.1 Å². The van der Waals surface area contributed by atoms with E-state index in [1.807, 2.05) is 6.20 Å². The average molecular weight is 271 g/mol. The molecule has 2 fully saturated rings. The molecule has 20 heavy (non-hydrogen) atoms. The smallest absolute Gasteiger partial charge is 0.274 e. The molecule has 0 saturated heterocycles. The second-order valence-corrected chi connectivity index (χ2v) is 5.81. The van der Waals surface area contributed by atoms with E-state index in [1.54, 1.807) is 10.6 Å². The second kappa shape index (κ2) is 4.78. The van der Waals surface area contributed by atoms with Crippen molar-refractivity contribution in [3.63, 3.8) is 0 Å². The summed E-state index contributed by atoms with van der Waals surface area (Å²) >= 11 is 0. The molecule has 2 aliphatic rings. The minimum Gasteiger partial charge on any atom is -0.322 e. The summed E-state index contributed by atoms with van der Waals surface area (Å²) in [5, 5.41) is 11.5. The molecule has 1 amide bonds. The molecule has 1 N–H and O–H groups in total. The van der Waals surface area contributed by atoms with Crippen molar-refractivity contribution >= 4 is 11.6 Å². The van der Waals surface area contributed by atoms with Crippen LogP contribution in [0.15, 0.2) is 17.1 Å². The van der Waals surface area contributed by atoms with Crippen molar-refractivity contribution in [1.82, 2.24) is 4.57 Å². The van der Waals surface area contributed by atoms with Gasteiger partial charge in [0.2, 0.25) is 5.91 Å². The van der Waals surface area contributed by atoms with Crippen LogP contribution in [0.4, 0.5) is 5.69 Å². The van der Waals surface area contributed by atoms with E-state index in [-0.39, 0.29) is 23.4 Å². The number of carbonyl (C=O) groups excluding carboxylic acids is 1. The second-order valence-electron chi connectivity index (χ2n) is 5.81. The van der Waals surface area contributed by atoms with E-state index in [4.69, 9.17) is 5.26 Å². The van der Waals surface area contributed by atoms with Crippen molar-refractivity contribution in [2.24, 2.45) is 5.92 Å². The Morgan fingerprint density at radius 1 is 1.45 bits per heavy atom. The third kappa shape index (κ3) is 2.34. The van der Waals surface area contributed by atoms with E-state index in [9.17, 15) is 9.59 Å². The first kappa shape index (κ1) is 12.9. The van der Waals surface area contributed by atoms with E-state index >= 15 is 0 Å². The molecule has 104 valence electrons. The average Bonchev–Trinajstić information content (AvgIpc) is 3.15. The predicted octanol–water partition coefficient (Wildman–Crippen LogP) is 2.16. The molecule has 1 aromatic rings. The largest absolute Gasteiger partial charge is 0.322 e. The lowest BCUT2D eigenvalue weighted by atomic mass is 9.81. The van der Waals surface area contributed by atoms with Crippen LogP contribution in [-0.4, -0.2) is 10.5 Å². The Kier molecular flexibility index (Phi) is 3.09. The van der Waals surface area contributed by atoms with Crippen LogP contribution >= 0.6 is 0 Å². The van der Waals surface area contributed by atoms with E-state index < -0.39 is 0 Å². The zero-order chi connectivity index (χ0) is 14.3. The van der Waals surface area contributed by atoms with Gasteiger partial charge in [0.1, 0.15) is 5.69 Å². The number of nitrogens with one attached hydrogen (secondary N) is 1. The van der Waals surface area contributed by atoms with Crippen molar-refractivity contribution in [1.29, 1.82) is 5.26 Å². The Labute approximate surface area is 117 Å². The van der Waals surface area contributed by atoms with Gasteiger partial charge in [0.05, 0.1) is 12.0 Å². The number of aromatic nitrogens is 1. The lowest BCUT2D eigenvalue weighted by Crippen LogP contribution is -2.35. The Morgan fingerprint density at radius 3 is 2.70 bits per heavy atom. The predicted molar refractivity (Wildman–Crippen MR) is 74.4 cm³/mol. The van der Waals surface area contributed by atoms with Gasteiger partial charge in [-0.15, -0.1) is 0 Å². The highest BCUT2D eigenvalue weighted by atomic mass is 16.2. The van der Waals surface area contributed by atoms with E-state index in [0.29, 0.717) is 11.6 Å². The molecule has 0 unspecified atom stereocenters. The molecule has 0 aliphatic heterocycles. The van der Waals surface area contributed by atoms with Gasteiger partial charge < -0.3 is 9.88 Å². The van der Waals surface area contributed by atoms with Gasteiger partial charge in [0.15, 0.2) is 0 Å². The molecule has 0 atom stereocenters. The Hall–Kier alpha value is -2.09. The van der Waals surface area contributed by atoms with Gasteiger partial charge in [-0.1, -0.05) is 0 Å². The van der Waals surface area contributed by atoms with Crippen molar-refractivity contribution < 1.29 is 4.79 Å². The summed E-state index contributed by atoms with van der Waals surface area (Å²) in [5.41, 5.74) is 1.32. The van der Waals surface area contributed by atoms with E-state index in [2.05, 4.69) is 11.4 Å². The first-order valence-electron chi connectivity index (χ1n) is 7.01. The third-order valence-electron chi connectivity index (χ3n) is 4.11. The highest BCUT2D eigenvalue weighted by Gasteiger charge is 2.33. The number of hydrogen-bond acceptors (Lipinski definition) is 3. The number of carbonyl (C=O) groups is 1. The molecule has 0 aromatic carbocycles. The summed E-state index contributed by atoms with van der Waals surface area (Å²) in [7, 11) is 0. The van der Waals surface area contributed by atoms with E-state index in [0.717, 1.165) is 31.2 Å². The lowest BCUT2D eigenvalue weighted by Gasteiger charge is -2.32. The number of nitriles is 1. The summed E-state index contributed by atoms with van der Waals surface area (Å²) < 4.78 is 1.72. The monoisotopic (exact) mass is 271 g/mol. The fourth-order valence-corrected chi connectivity index (χ4v) is 2.73. The van der Waals surface area contributed by atoms with Crippen LogP contribution in [0.3, 0.4) is 0 Å². The summed E-state index contributed by atoms with van der Waals surface area (Å²) in [5.74, 6) is 0.340. The fourth-order valence-electron chi connectivity index (χ4n) is 2.73. The third-order valence-corrected chi connectivity index (χ3v) is 4.11. The number of nitrogens with zero attached hydrogens (tertiary/aromatic N) is 2. The summed E-state index contributed by atoms with van der Waals surface area (Å²) in [6.45, 7) is 1.41. The molecule has 3 rings (SSSR count). The van der Waals surface area contributed by atoms with Crippen molar-refractivity contribution in [3.8, 4) is 6.07 Å². The number of hydrogen-bond donors (Lipinski definition) is 1. The molecule has 2 saturated carbocycles. The van der Waals surface area contributed by atoms with Gasteiger partial charge >= 0.3 is 0 Å². The van der Waals surface area contributed by atoms with Crippen LogP contribution in [-0.2, 0) is 4.79 Å². The van der Waals surface area contributed by atoms with Crippen LogP contribution in [0.2, 0.25) is 0 Å². The summed E-state index contributed by atoms with van der Waals surface area (Å²) in [6.07, 6.45) is 5.66. The van der Waals surface area contributed by atoms with Gasteiger partial charge in [-0.2, -0.15) is 5.26 Å². The maximum atomic E-state index is 12.4. The SMILES string of the molecule is CC(=O)Nc1cc(C2CC2)cn(C2CC(C#N)C2)c1=O. The van der Waals surface area contributed by atoms with Crippen molar-refractivity contribution in [2.75, 3.05) is 5.32 Å². The standard InChI is InChI=1S/C15H17N3O2/c1-9(19)17-14-6-12(11-2-3-11)8-18(15(14)20)13-4-10(5-13)7-16/h6,8,10-11,13H,2-5H2,1H3,(H,17,19). The minimum atomic E-state index is -0.231. The number of rotatable bonds is 3. The fraction of sp³-hybridized carbons (Fsp3) is 0.533. The molecule has 1 aromatic heterocycles. The quantitative estimate of drug-likeness (QED) is 0.915. The molecule has 1 heterocycles.